The number of thioether (sulfide) groups is 1. The second kappa shape index (κ2) is 8.10. The molecule has 1 aromatic rings. The maximum absolute atomic E-state index is 11.9. The molecule has 1 amide bonds. The van der Waals surface area contributed by atoms with Gasteiger partial charge in [0, 0.05) is 17.1 Å². The zero-order valence-electron chi connectivity index (χ0n) is 12.2. The first-order valence-electron chi connectivity index (χ1n) is 6.71. The third-order valence-electron chi connectivity index (χ3n) is 2.89. The fraction of sp³-hybridized carbons (Fsp3) is 0.533. The predicted molar refractivity (Wildman–Crippen MR) is 83.8 cm³/mol. The number of carbonyl (C=O) groups is 1. The van der Waals surface area contributed by atoms with Crippen LogP contribution in [-0.4, -0.2) is 24.7 Å². The zero-order chi connectivity index (χ0) is 14.3. The molecule has 1 unspecified atom stereocenters. The first-order valence-corrected chi connectivity index (χ1v) is 7.93. The van der Waals surface area contributed by atoms with E-state index >= 15 is 0 Å². The van der Waals surface area contributed by atoms with Gasteiger partial charge < -0.3 is 10.6 Å². The lowest BCUT2D eigenvalue weighted by Crippen LogP contribution is -2.38. The predicted octanol–water partition coefficient (Wildman–Crippen LogP) is 3.37. The molecule has 3 nitrogen and oxygen atoms in total. The minimum Gasteiger partial charge on any atom is -0.374 e. The average molecular weight is 280 g/mol. The van der Waals surface area contributed by atoms with Crippen LogP contribution in [-0.2, 0) is 4.79 Å². The number of amides is 1. The summed E-state index contributed by atoms with van der Waals surface area (Å²) in [7, 11) is 0. The van der Waals surface area contributed by atoms with Crippen molar-refractivity contribution >= 4 is 23.4 Å². The van der Waals surface area contributed by atoms with E-state index in [-0.39, 0.29) is 11.9 Å². The van der Waals surface area contributed by atoms with Gasteiger partial charge in [0.15, 0.2) is 0 Å². The second-order valence-corrected chi connectivity index (χ2v) is 5.95. The standard InChI is InChI=1S/C15H24N2OS/c1-11(2)9-10-16-15(18)12(3)17-13-5-7-14(19-4)8-6-13/h5-8,11-12,17H,9-10H2,1-4H3,(H,16,18). The number of hydrogen-bond acceptors (Lipinski definition) is 3. The van der Waals surface area contributed by atoms with E-state index in [1.54, 1.807) is 11.8 Å². The van der Waals surface area contributed by atoms with Crippen LogP contribution in [0.25, 0.3) is 0 Å². The Bertz CT molecular complexity index is 390. The van der Waals surface area contributed by atoms with Gasteiger partial charge in [-0.2, -0.15) is 0 Å². The van der Waals surface area contributed by atoms with E-state index in [9.17, 15) is 4.79 Å². The number of rotatable bonds is 7. The van der Waals surface area contributed by atoms with Gasteiger partial charge in [-0.15, -0.1) is 11.8 Å². The fourth-order valence-corrected chi connectivity index (χ4v) is 2.05. The molecule has 19 heavy (non-hydrogen) atoms. The van der Waals surface area contributed by atoms with Crippen molar-refractivity contribution in [1.29, 1.82) is 0 Å². The summed E-state index contributed by atoms with van der Waals surface area (Å²) in [5.74, 6) is 0.664. The number of anilines is 1. The molecule has 0 spiro atoms. The van der Waals surface area contributed by atoms with Crippen molar-refractivity contribution in [3.63, 3.8) is 0 Å². The molecule has 0 radical (unpaired) electrons. The topological polar surface area (TPSA) is 41.1 Å². The quantitative estimate of drug-likeness (QED) is 0.752. The fourth-order valence-electron chi connectivity index (χ4n) is 1.64. The molecule has 0 aliphatic rings. The Morgan fingerprint density at radius 1 is 1.21 bits per heavy atom. The summed E-state index contributed by atoms with van der Waals surface area (Å²) in [5, 5.41) is 6.16. The highest BCUT2D eigenvalue weighted by atomic mass is 32.2. The molecule has 2 N–H and O–H groups in total. The molecular weight excluding hydrogens is 256 g/mol. The van der Waals surface area contributed by atoms with Crippen LogP contribution in [0.2, 0.25) is 0 Å². The highest BCUT2D eigenvalue weighted by Crippen LogP contribution is 2.17. The van der Waals surface area contributed by atoms with E-state index in [2.05, 4.69) is 36.6 Å². The lowest BCUT2D eigenvalue weighted by Gasteiger charge is -2.16. The van der Waals surface area contributed by atoms with Gasteiger partial charge >= 0.3 is 0 Å². The highest BCUT2D eigenvalue weighted by molar-refractivity contribution is 7.98. The molecule has 1 aromatic carbocycles. The molecule has 1 atom stereocenters. The van der Waals surface area contributed by atoms with E-state index in [0.717, 1.165) is 18.7 Å². The highest BCUT2D eigenvalue weighted by Gasteiger charge is 2.11. The number of nitrogens with one attached hydrogen (secondary N) is 2. The molecule has 0 heterocycles. The van der Waals surface area contributed by atoms with Crippen molar-refractivity contribution in [3.05, 3.63) is 24.3 Å². The van der Waals surface area contributed by atoms with Gasteiger partial charge in [0.05, 0.1) is 0 Å². The summed E-state index contributed by atoms with van der Waals surface area (Å²) in [6.45, 7) is 6.93. The average Bonchev–Trinajstić information content (AvgIpc) is 2.39. The Balaban J connectivity index is 2.40. The van der Waals surface area contributed by atoms with Crippen LogP contribution < -0.4 is 10.6 Å². The van der Waals surface area contributed by atoms with Gasteiger partial charge in [-0.1, -0.05) is 13.8 Å². The molecule has 1 rings (SSSR count). The molecular formula is C15H24N2OS. The van der Waals surface area contributed by atoms with E-state index in [0.29, 0.717) is 5.92 Å². The Hall–Kier alpha value is -1.16. The van der Waals surface area contributed by atoms with Crippen LogP contribution in [0.1, 0.15) is 27.2 Å². The molecule has 0 fully saturated rings. The summed E-state index contributed by atoms with van der Waals surface area (Å²) in [5.41, 5.74) is 0.976. The Labute approximate surface area is 120 Å². The minimum absolute atomic E-state index is 0.0505. The van der Waals surface area contributed by atoms with E-state index in [1.807, 2.05) is 25.3 Å². The largest absolute Gasteiger partial charge is 0.374 e. The first-order chi connectivity index (χ1) is 9.02. The van der Waals surface area contributed by atoms with Crippen molar-refractivity contribution in [2.24, 2.45) is 5.92 Å². The lowest BCUT2D eigenvalue weighted by molar-refractivity contribution is -0.121. The molecule has 0 saturated heterocycles. The van der Waals surface area contributed by atoms with E-state index in [4.69, 9.17) is 0 Å². The van der Waals surface area contributed by atoms with Crippen molar-refractivity contribution in [2.45, 2.75) is 38.1 Å². The molecule has 106 valence electrons. The molecule has 0 aliphatic carbocycles. The summed E-state index contributed by atoms with van der Waals surface area (Å²) >= 11 is 1.71. The first kappa shape index (κ1) is 15.9. The van der Waals surface area contributed by atoms with Gasteiger partial charge in [0.25, 0.3) is 0 Å². The van der Waals surface area contributed by atoms with Crippen LogP contribution in [0.15, 0.2) is 29.2 Å². The van der Waals surface area contributed by atoms with Gasteiger partial charge in [-0.3, -0.25) is 4.79 Å². The minimum atomic E-state index is -0.215. The second-order valence-electron chi connectivity index (χ2n) is 5.07. The van der Waals surface area contributed by atoms with Crippen LogP contribution in [0.4, 0.5) is 5.69 Å². The van der Waals surface area contributed by atoms with Crippen molar-refractivity contribution in [1.82, 2.24) is 5.32 Å². The van der Waals surface area contributed by atoms with Gasteiger partial charge in [0.1, 0.15) is 6.04 Å². The molecule has 0 aliphatic heterocycles. The van der Waals surface area contributed by atoms with Gasteiger partial charge in [0.2, 0.25) is 5.91 Å². The van der Waals surface area contributed by atoms with E-state index < -0.39 is 0 Å². The van der Waals surface area contributed by atoms with Gasteiger partial charge in [-0.25, -0.2) is 0 Å². The van der Waals surface area contributed by atoms with Crippen LogP contribution in [0.5, 0.6) is 0 Å². The summed E-state index contributed by atoms with van der Waals surface area (Å²) < 4.78 is 0. The van der Waals surface area contributed by atoms with Crippen molar-refractivity contribution < 1.29 is 4.79 Å². The zero-order valence-corrected chi connectivity index (χ0v) is 13.0. The maximum Gasteiger partial charge on any atom is 0.242 e. The van der Waals surface area contributed by atoms with Crippen molar-refractivity contribution in [3.8, 4) is 0 Å². The molecule has 4 heteroatoms. The van der Waals surface area contributed by atoms with Crippen LogP contribution in [0.3, 0.4) is 0 Å². The molecule has 0 bridgehead atoms. The van der Waals surface area contributed by atoms with E-state index in [1.165, 1.54) is 4.90 Å². The Morgan fingerprint density at radius 3 is 2.37 bits per heavy atom. The normalized spacial score (nSPS) is 12.3. The number of carbonyl (C=O) groups excluding carboxylic acids is 1. The third kappa shape index (κ3) is 6.01. The van der Waals surface area contributed by atoms with Crippen LogP contribution in [0, 0.1) is 5.92 Å². The summed E-state index contributed by atoms with van der Waals surface area (Å²) in [6, 6.07) is 7.90. The summed E-state index contributed by atoms with van der Waals surface area (Å²) in [6.07, 6.45) is 3.06. The lowest BCUT2D eigenvalue weighted by atomic mass is 10.1. The Kier molecular flexibility index (Phi) is 6.78. The number of hydrogen-bond donors (Lipinski definition) is 2. The monoisotopic (exact) mass is 280 g/mol. The molecule has 0 saturated carbocycles. The SMILES string of the molecule is CSc1ccc(NC(C)C(=O)NCCC(C)C)cc1. The number of benzene rings is 1. The van der Waals surface area contributed by atoms with Gasteiger partial charge in [-0.05, 0) is 49.8 Å². The van der Waals surface area contributed by atoms with Crippen LogP contribution >= 0.6 is 11.8 Å². The Morgan fingerprint density at radius 2 is 1.84 bits per heavy atom. The summed E-state index contributed by atoms with van der Waals surface area (Å²) in [4.78, 5) is 13.1. The smallest absolute Gasteiger partial charge is 0.242 e. The maximum atomic E-state index is 11.9. The van der Waals surface area contributed by atoms with Crippen molar-refractivity contribution in [2.75, 3.05) is 18.1 Å². The molecule has 0 aromatic heterocycles. The third-order valence-corrected chi connectivity index (χ3v) is 3.63.